The summed E-state index contributed by atoms with van der Waals surface area (Å²) in [4.78, 5) is 25.3. The molecule has 1 unspecified atom stereocenters. The zero-order valence-electron chi connectivity index (χ0n) is 29.7. The maximum Gasteiger partial charge on any atom is 0.164 e. The summed E-state index contributed by atoms with van der Waals surface area (Å²) in [6.07, 6.45) is 0. The van der Waals surface area contributed by atoms with Crippen molar-refractivity contribution < 1.29 is 0 Å². The number of rotatable bonds is 8. The quantitative estimate of drug-likeness (QED) is 0.158. The van der Waals surface area contributed by atoms with Gasteiger partial charge in [-0.1, -0.05) is 171 Å². The van der Waals surface area contributed by atoms with Crippen LogP contribution >= 0.6 is 0 Å². The first kappa shape index (κ1) is 32.8. The van der Waals surface area contributed by atoms with Crippen molar-refractivity contribution in [2.45, 2.75) is 12.8 Å². The predicted octanol–water partition coefficient (Wildman–Crippen LogP) is 12.0. The number of hydrogen-bond donors (Lipinski definition) is 0. The smallest absolute Gasteiger partial charge is 0.164 e. The average molecular weight is 694 g/mol. The topological polar surface area (TPSA) is 64.5 Å². The molecule has 0 aliphatic heterocycles. The highest BCUT2D eigenvalue weighted by molar-refractivity contribution is 5.87. The van der Waals surface area contributed by atoms with Gasteiger partial charge in [0.1, 0.15) is 5.82 Å². The van der Waals surface area contributed by atoms with Crippen LogP contribution in [0.25, 0.3) is 78.6 Å². The summed E-state index contributed by atoms with van der Waals surface area (Å²) in [5, 5.41) is 2.32. The standard InChI is InChI=1S/C49H35N5/c1-33(34-15-5-2-6-16-34)46-50-44(36-18-7-3-8-19-36)32-45(51-46)41-25-13-23-39(29-41)40-24-14-26-42(31-40)48-52-47(37-20-9-4-10-21-37)53-49(54-48)43-28-27-35-17-11-12-22-38(35)30-43/h2-33H,1H3. The first-order valence-electron chi connectivity index (χ1n) is 18.2. The Kier molecular flexibility index (Phi) is 8.79. The third-order valence-electron chi connectivity index (χ3n) is 9.79. The molecule has 5 heteroatoms. The van der Waals surface area contributed by atoms with Gasteiger partial charge in [0.15, 0.2) is 17.5 Å². The van der Waals surface area contributed by atoms with Gasteiger partial charge in [-0.2, -0.15) is 0 Å². The van der Waals surface area contributed by atoms with Crippen molar-refractivity contribution >= 4 is 10.8 Å². The van der Waals surface area contributed by atoms with E-state index in [0.717, 1.165) is 61.5 Å². The Balaban J connectivity index is 1.12. The van der Waals surface area contributed by atoms with Crippen LogP contribution in [-0.2, 0) is 0 Å². The lowest BCUT2D eigenvalue weighted by Crippen LogP contribution is -2.05. The molecule has 0 aliphatic carbocycles. The van der Waals surface area contributed by atoms with Gasteiger partial charge in [-0.3, -0.25) is 0 Å². The SMILES string of the molecule is CC(c1ccccc1)c1nc(-c2ccccc2)cc(-c2cccc(-c3cccc(-c4nc(-c5ccccc5)nc(-c5ccc6ccccc6c5)n4)c3)c2)n1. The second kappa shape index (κ2) is 14.5. The first-order valence-corrected chi connectivity index (χ1v) is 18.2. The Morgan fingerprint density at radius 1 is 0.315 bits per heavy atom. The zero-order valence-corrected chi connectivity index (χ0v) is 29.7. The molecule has 2 aromatic heterocycles. The maximum atomic E-state index is 5.16. The van der Waals surface area contributed by atoms with Crippen LogP contribution in [0.4, 0.5) is 0 Å². The highest BCUT2D eigenvalue weighted by Crippen LogP contribution is 2.33. The number of benzene rings is 7. The summed E-state index contributed by atoms with van der Waals surface area (Å²) >= 11 is 0. The number of aromatic nitrogens is 5. The summed E-state index contributed by atoms with van der Waals surface area (Å²) < 4.78 is 0. The second-order valence-electron chi connectivity index (χ2n) is 13.4. The molecule has 1 atom stereocenters. The van der Waals surface area contributed by atoms with Crippen LogP contribution in [0.15, 0.2) is 188 Å². The van der Waals surface area contributed by atoms with Crippen molar-refractivity contribution in [3.8, 4) is 67.8 Å². The van der Waals surface area contributed by atoms with Gasteiger partial charge in [0.25, 0.3) is 0 Å². The van der Waals surface area contributed by atoms with Gasteiger partial charge < -0.3 is 0 Å². The zero-order chi connectivity index (χ0) is 36.3. The highest BCUT2D eigenvalue weighted by atomic mass is 15.0. The van der Waals surface area contributed by atoms with Crippen molar-refractivity contribution in [3.05, 3.63) is 199 Å². The van der Waals surface area contributed by atoms with Crippen molar-refractivity contribution in [1.82, 2.24) is 24.9 Å². The third-order valence-corrected chi connectivity index (χ3v) is 9.79. The Labute approximate surface area is 314 Å². The van der Waals surface area contributed by atoms with Crippen LogP contribution in [0, 0.1) is 0 Å². The lowest BCUT2D eigenvalue weighted by Gasteiger charge is -2.15. The van der Waals surface area contributed by atoms with Gasteiger partial charge in [-0.25, -0.2) is 24.9 Å². The molecule has 0 bridgehead atoms. The molecule has 0 fully saturated rings. The summed E-state index contributed by atoms with van der Waals surface area (Å²) in [6, 6.07) is 64.6. The Morgan fingerprint density at radius 2 is 0.778 bits per heavy atom. The molecule has 0 saturated heterocycles. The molecule has 0 amide bonds. The number of hydrogen-bond acceptors (Lipinski definition) is 5. The molecule has 5 nitrogen and oxygen atoms in total. The van der Waals surface area contributed by atoms with Crippen LogP contribution in [0.1, 0.15) is 24.2 Å². The van der Waals surface area contributed by atoms with Crippen molar-refractivity contribution in [1.29, 1.82) is 0 Å². The molecule has 2 heterocycles. The van der Waals surface area contributed by atoms with Crippen LogP contribution in [0.2, 0.25) is 0 Å². The van der Waals surface area contributed by atoms with E-state index in [2.05, 4.69) is 140 Å². The monoisotopic (exact) mass is 693 g/mol. The number of nitrogens with zero attached hydrogens (tertiary/aromatic N) is 5. The Hall–Kier alpha value is -7.11. The second-order valence-corrected chi connectivity index (χ2v) is 13.4. The van der Waals surface area contributed by atoms with E-state index >= 15 is 0 Å². The van der Waals surface area contributed by atoms with Gasteiger partial charge in [0, 0.05) is 33.7 Å². The minimum atomic E-state index is 0.0223. The molecule has 9 aromatic rings. The number of fused-ring (bicyclic) bond motifs is 1. The van der Waals surface area contributed by atoms with Gasteiger partial charge in [0.05, 0.1) is 11.4 Å². The molecule has 0 N–H and O–H groups in total. The minimum absolute atomic E-state index is 0.0223. The molecule has 7 aromatic carbocycles. The fourth-order valence-corrected chi connectivity index (χ4v) is 6.83. The fourth-order valence-electron chi connectivity index (χ4n) is 6.83. The third kappa shape index (κ3) is 6.79. The largest absolute Gasteiger partial charge is 0.232 e. The van der Waals surface area contributed by atoms with Crippen molar-refractivity contribution in [3.63, 3.8) is 0 Å². The molecular formula is C49H35N5. The molecule has 54 heavy (non-hydrogen) atoms. The van der Waals surface area contributed by atoms with E-state index in [0.29, 0.717) is 17.5 Å². The van der Waals surface area contributed by atoms with Crippen molar-refractivity contribution in [2.24, 2.45) is 0 Å². The van der Waals surface area contributed by atoms with E-state index in [1.807, 2.05) is 54.6 Å². The summed E-state index contributed by atoms with van der Waals surface area (Å²) in [5.74, 6) is 2.70. The average Bonchev–Trinajstić information content (AvgIpc) is 3.26. The summed E-state index contributed by atoms with van der Waals surface area (Å²) in [6.45, 7) is 2.17. The molecule has 0 spiro atoms. The van der Waals surface area contributed by atoms with E-state index < -0.39 is 0 Å². The molecule has 9 rings (SSSR count). The van der Waals surface area contributed by atoms with Crippen LogP contribution in [0.3, 0.4) is 0 Å². The maximum absolute atomic E-state index is 5.16. The summed E-state index contributed by atoms with van der Waals surface area (Å²) in [5.41, 5.74) is 9.94. The van der Waals surface area contributed by atoms with E-state index in [1.165, 1.54) is 10.9 Å². The highest BCUT2D eigenvalue weighted by Gasteiger charge is 2.17. The lowest BCUT2D eigenvalue weighted by atomic mass is 9.97. The molecule has 0 radical (unpaired) electrons. The van der Waals surface area contributed by atoms with E-state index in [4.69, 9.17) is 24.9 Å². The molecule has 256 valence electrons. The molecular weight excluding hydrogens is 659 g/mol. The Morgan fingerprint density at radius 3 is 1.44 bits per heavy atom. The van der Waals surface area contributed by atoms with E-state index in [-0.39, 0.29) is 5.92 Å². The van der Waals surface area contributed by atoms with Gasteiger partial charge >= 0.3 is 0 Å². The minimum Gasteiger partial charge on any atom is -0.232 e. The van der Waals surface area contributed by atoms with E-state index in [9.17, 15) is 0 Å². The summed E-state index contributed by atoms with van der Waals surface area (Å²) in [7, 11) is 0. The predicted molar refractivity (Wildman–Crippen MR) is 219 cm³/mol. The fraction of sp³-hybridized carbons (Fsp3) is 0.0408. The van der Waals surface area contributed by atoms with Crippen molar-refractivity contribution in [2.75, 3.05) is 0 Å². The van der Waals surface area contributed by atoms with Crippen LogP contribution in [0.5, 0.6) is 0 Å². The van der Waals surface area contributed by atoms with Gasteiger partial charge in [-0.15, -0.1) is 0 Å². The van der Waals surface area contributed by atoms with E-state index in [1.54, 1.807) is 0 Å². The van der Waals surface area contributed by atoms with Crippen LogP contribution in [-0.4, -0.2) is 24.9 Å². The molecule has 0 saturated carbocycles. The van der Waals surface area contributed by atoms with Gasteiger partial charge in [0.2, 0.25) is 0 Å². The Bertz CT molecular complexity index is 2730. The van der Waals surface area contributed by atoms with Gasteiger partial charge in [-0.05, 0) is 51.7 Å². The normalized spacial score (nSPS) is 11.7. The molecule has 0 aliphatic rings. The van der Waals surface area contributed by atoms with Crippen LogP contribution < -0.4 is 0 Å². The first-order chi connectivity index (χ1) is 26.6. The lowest BCUT2D eigenvalue weighted by molar-refractivity contribution is 0.820.